The number of alkyl halides is 5. The molecule has 1 fully saturated rings. The molecule has 1 aromatic heterocycles. The molecule has 1 saturated heterocycles. The van der Waals surface area contributed by atoms with E-state index >= 15 is 0 Å². The molecule has 6 nitrogen and oxygen atoms in total. The number of anilines is 1. The van der Waals surface area contributed by atoms with Crippen molar-refractivity contribution in [1.82, 2.24) is 15.3 Å². The maximum absolute atomic E-state index is 13.4. The maximum atomic E-state index is 13.4. The minimum Gasteiger partial charge on any atom is -0.344 e. The molecular weight excluding hydrogens is 399 g/mol. The first kappa shape index (κ1) is 20.7. The molecule has 11 heteroatoms. The summed E-state index contributed by atoms with van der Waals surface area (Å²) >= 11 is 0. The number of aromatic amines is 1. The predicted molar refractivity (Wildman–Crippen MR) is 94.0 cm³/mol. The summed E-state index contributed by atoms with van der Waals surface area (Å²) in [5.41, 5.74) is -1.37. The molecule has 1 amide bonds. The Morgan fingerprint density at radius 2 is 1.93 bits per heavy atom. The van der Waals surface area contributed by atoms with Crippen molar-refractivity contribution < 1.29 is 26.7 Å². The highest BCUT2D eigenvalue weighted by atomic mass is 19.4. The third-order valence-electron chi connectivity index (χ3n) is 4.52. The number of carbonyl (C=O) groups excluding carboxylic acids is 1. The lowest BCUT2D eigenvalue weighted by molar-refractivity contribution is -0.137. The number of nitrogens with zero attached hydrogens (tertiary/aromatic N) is 2. The minimum atomic E-state index is -4.47. The first-order valence-corrected chi connectivity index (χ1v) is 8.67. The van der Waals surface area contributed by atoms with Crippen molar-refractivity contribution in [3.05, 3.63) is 57.5 Å². The molecule has 2 heterocycles. The van der Waals surface area contributed by atoms with E-state index in [4.69, 9.17) is 0 Å². The monoisotopic (exact) mass is 416 g/mol. The van der Waals surface area contributed by atoms with Gasteiger partial charge in [0.05, 0.1) is 18.2 Å². The van der Waals surface area contributed by atoms with Crippen molar-refractivity contribution in [1.29, 1.82) is 0 Å². The first-order chi connectivity index (χ1) is 13.4. The van der Waals surface area contributed by atoms with Gasteiger partial charge in [0, 0.05) is 19.0 Å². The summed E-state index contributed by atoms with van der Waals surface area (Å²) in [7, 11) is 0. The summed E-state index contributed by atoms with van der Waals surface area (Å²) in [6.07, 6.45) is -4.86. The number of amides is 1. The summed E-state index contributed by atoms with van der Waals surface area (Å²) in [5, 5.41) is 2.53. The van der Waals surface area contributed by atoms with Gasteiger partial charge in [-0.05, 0) is 24.6 Å². The van der Waals surface area contributed by atoms with E-state index in [9.17, 15) is 31.5 Å². The van der Waals surface area contributed by atoms with Gasteiger partial charge in [-0.15, -0.1) is 0 Å². The van der Waals surface area contributed by atoms with Gasteiger partial charge in [0.2, 0.25) is 5.95 Å². The average Bonchev–Trinajstić information content (AvgIpc) is 3.00. The summed E-state index contributed by atoms with van der Waals surface area (Å²) < 4.78 is 64.7. The number of hydrogen-bond acceptors (Lipinski definition) is 4. The highest BCUT2D eigenvalue weighted by Gasteiger charge is 2.39. The second-order valence-electron chi connectivity index (χ2n) is 6.80. The molecule has 1 aliphatic rings. The van der Waals surface area contributed by atoms with Crippen molar-refractivity contribution in [2.45, 2.75) is 31.5 Å². The Hall–Kier alpha value is -2.98. The average molecular weight is 416 g/mol. The van der Waals surface area contributed by atoms with Crippen molar-refractivity contribution in [2.75, 3.05) is 18.0 Å². The zero-order valence-electron chi connectivity index (χ0n) is 15.2. The number of halogens is 5. The van der Waals surface area contributed by atoms with Gasteiger partial charge < -0.3 is 10.2 Å². The third-order valence-corrected chi connectivity index (χ3v) is 4.52. The fourth-order valence-corrected chi connectivity index (χ4v) is 2.94. The van der Waals surface area contributed by atoms with E-state index in [0.29, 0.717) is 5.56 Å². The van der Waals surface area contributed by atoms with Crippen LogP contribution in [0.1, 0.15) is 41.0 Å². The van der Waals surface area contributed by atoms with Crippen LogP contribution in [0.3, 0.4) is 0 Å². The van der Waals surface area contributed by atoms with E-state index in [0.717, 1.165) is 18.2 Å². The lowest BCUT2D eigenvalue weighted by Gasteiger charge is -2.18. The number of nitrogens with one attached hydrogen (secondary N) is 2. The number of H-pyrrole nitrogens is 1. The highest BCUT2D eigenvalue weighted by Crippen LogP contribution is 2.30. The number of hydrogen-bond donors (Lipinski definition) is 2. The predicted octanol–water partition coefficient (Wildman–Crippen LogP) is 3.13. The van der Waals surface area contributed by atoms with Crippen LogP contribution in [0.2, 0.25) is 0 Å². The van der Waals surface area contributed by atoms with Crippen molar-refractivity contribution >= 4 is 11.9 Å². The summed E-state index contributed by atoms with van der Waals surface area (Å²) in [5.74, 6) is -3.80. The first-order valence-electron chi connectivity index (χ1n) is 8.67. The maximum Gasteiger partial charge on any atom is 0.416 e. The molecule has 2 N–H and O–H groups in total. The largest absolute Gasteiger partial charge is 0.416 e. The topological polar surface area (TPSA) is 78.1 Å². The third kappa shape index (κ3) is 4.90. The highest BCUT2D eigenvalue weighted by molar-refractivity contribution is 5.92. The molecule has 3 rings (SSSR count). The lowest BCUT2D eigenvalue weighted by Crippen LogP contribution is -2.32. The van der Waals surface area contributed by atoms with Crippen LogP contribution in [0.15, 0.2) is 35.1 Å². The molecule has 1 unspecified atom stereocenters. The van der Waals surface area contributed by atoms with E-state index in [1.54, 1.807) is 6.92 Å². The fraction of sp³-hybridized carbons (Fsp3) is 0.389. The molecule has 156 valence electrons. The summed E-state index contributed by atoms with van der Waals surface area (Å²) in [6, 6.07) is 4.51. The number of benzene rings is 1. The Bertz CT molecular complexity index is 956. The van der Waals surface area contributed by atoms with Gasteiger partial charge in [-0.3, -0.25) is 14.6 Å². The van der Waals surface area contributed by atoms with E-state index < -0.39 is 48.1 Å². The van der Waals surface area contributed by atoms with Crippen LogP contribution in [-0.2, 0) is 6.18 Å². The van der Waals surface area contributed by atoms with Crippen molar-refractivity contribution in [3.63, 3.8) is 0 Å². The molecule has 0 spiro atoms. The number of aromatic nitrogens is 2. The van der Waals surface area contributed by atoms with Crippen LogP contribution < -0.4 is 15.8 Å². The molecule has 0 saturated carbocycles. The molecule has 1 aliphatic heterocycles. The Morgan fingerprint density at radius 3 is 2.48 bits per heavy atom. The van der Waals surface area contributed by atoms with Crippen LogP contribution in [-0.4, -0.2) is 34.9 Å². The molecular formula is C18H17F5N4O2. The van der Waals surface area contributed by atoms with Gasteiger partial charge in [-0.2, -0.15) is 13.2 Å². The van der Waals surface area contributed by atoms with Gasteiger partial charge >= 0.3 is 6.18 Å². The second-order valence-corrected chi connectivity index (χ2v) is 6.80. The van der Waals surface area contributed by atoms with Gasteiger partial charge in [-0.25, -0.2) is 13.8 Å². The summed E-state index contributed by atoms with van der Waals surface area (Å²) in [6.45, 7) is 0.904. The molecule has 1 atom stereocenters. The van der Waals surface area contributed by atoms with Gasteiger partial charge in [-0.1, -0.05) is 12.1 Å². The second kappa shape index (κ2) is 7.45. The van der Waals surface area contributed by atoms with Crippen LogP contribution in [0.5, 0.6) is 0 Å². The van der Waals surface area contributed by atoms with Crippen LogP contribution in [0, 0.1) is 0 Å². The summed E-state index contributed by atoms with van der Waals surface area (Å²) in [4.78, 5) is 31.7. The van der Waals surface area contributed by atoms with Gasteiger partial charge in [0.25, 0.3) is 17.4 Å². The smallest absolute Gasteiger partial charge is 0.344 e. The van der Waals surface area contributed by atoms with Crippen molar-refractivity contribution in [3.8, 4) is 0 Å². The lowest BCUT2D eigenvalue weighted by atomic mass is 10.1. The molecule has 1 aromatic carbocycles. The Morgan fingerprint density at radius 1 is 1.28 bits per heavy atom. The van der Waals surface area contributed by atoms with Crippen LogP contribution in [0.4, 0.5) is 27.9 Å². The zero-order valence-corrected chi connectivity index (χ0v) is 15.2. The molecule has 0 bridgehead atoms. The van der Waals surface area contributed by atoms with Crippen LogP contribution in [0.25, 0.3) is 0 Å². The Balaban J connectivity index is 1.74. The Kier molecular flexibility index (Phi) is 5.33. The number of carbonyl (C=O) groups is 1. The zero-order chi connectivity index (χ0) is 21.4. The van der Waals surface area contributed by atoms with E-state index in [2.05, 4.69) is 15.3 Å². The molecule has 0 radical (unpaired) electrons. The van der Waals surface area contributed by atoms with Crippen LogP contribution >= 0.6 is 0 Å². The standard InChI is InChI=1S/C18H17F5N4O2/c1-10(11-2-4-12(5-3-11)18(21,22)23)24-15(29)13-8-14(28)26-16(25-13)27-7-6-17(19,20)9-27/h2-5,8,10H,6-7,9H2,1H3,(H,24,29)(H,25,26,28). The number of rotatable bonds is 4. The van der Waals surface area contributed by atoms with Crippen molar-refractivity contribution in [2.24, 2.45) is 0 Å². The Labute approximate surface area is 161 Å². The minimum absolute atomic E-state index is 0.0248. The SMILES string of the molecule is CC(NC(=O)c1cc(=O)[nH]c(N2CCC(F)(F)C2)n1)c1ccc(C(F)(F)F)cc1. The quantitative estimate of drug-likeness (QED) is 0.751. The van der Waals surface area contributed by atoms with Gasteiger partial charge in [0.15, 0.2) is 0 Å². The van der Waals surface area contributed by atoms with E-state index in [1.807, 2.05) is 0 Å². The molecule has 2 aromatic rings. The van der Waals surface area contributed by atoms with E-state index in [1.165, 1.54) is 17.0 Å². The van der Waals surface area contributed by atoms with Gasteiger partial charge in [0.1, 0.15) is 5.69 Å². The molecule has 29 heavy (non-hydrogen) atoms. The van der Waals surface area contributed by atoms with E-state index in [-0.39, 0.29) is 18.2 Å². The fourth-order valence-electron chi connectivity index (χ4n) is 2.94. The normalized spacial score (nSPS) is 17.2. The molecule has 0 aliphatic carbocycles.